The van der Waals surface area contributed by atoms with Gasteiger partial charge in [0, 0.05) is 27.4 Å². The molecule has 1 amide bonds. The molecule has 0 aliphatic rings. The second kappa shape index (κ2) is 7.60. The molecule has 0 aliphatic heterocycles. The van der Waals surface area contributed by atoms with E-state index in [1.54, 1.807) is 36.4 Å². The maximum atomic E-state index is 12.0. The maximum Gasteiger partial charge on any atom is 0.248 e. The minimum absolute atomic E-state index is 0.265. The van der Waals surface area contributed by atoms with Crippen LogP contribution in [0.2, 0.25) is 10.0 Å². The van der Waals surface area contributed by atoms with Crippen LogP contribution in [0.25, 0.3) is 17.4 Å². The predicted octanol–water partition coefficient (Wildman–Crippen LogP) is 6.21. The van der Waals surface area contributed by atoms with Crippen molar-refractivity contribution in [2.45, 2.75) is 6.92 Å². The van der Waals surface area contributed by atoms with Gasteiger partial charge in [-0.05, 0) is 55.0 Å². The Morgan fingerprint density at radius 1 is 1.08 bits per heavy atom. The van der Waals surface area contributed by atoms with Gasteiger partial charge in [-0.2, -0.15) is 0 Å². The van der Waals surface area contributed by atoms with E-state index in [0.717, 1.165) is 11.1 Å². The van der Waals surface area contributed by atoms with Crippen molar-refractivity contribution in [3.63, 3.8) is 0 Å². The molecule has 0 atom stereocenters. The molecular formula is C20H15Cl2NO2. The summed E-state index contributed by atoms with van der Waals surface area (Å²) in [4.78, 5) is 12.0. The molecule has 0 fully saturated rings. The van der Waals surface area contributed by atoms with Crippen molar-refractivity contribution in [1.82, 2.24) is 0 Å². The topological polar surface area (TPSA) is 42.2 Å². The van der Waals surface area contributed by atoms with E-state index in [-0.39, 0.29) is 5.91 Å². The summed E-state index contributed by atoms with van der Waals surface area (Å²) in [6.45, 7) is 1.95. The number of amides is 1. The van der Waals surface area contributed by atoms with Crippen LogP contribution in [0.15, 0.2) is 65.1 Å². The zero-order valence-electron chi connectivity index (χ0n) is 13.4. The Hall–Kier alpha value is -2.49. The summed E-state index contributed by atoms with van der Waals surface area (Å²) < 4.78 is 5.74. The predicted molar refractivity (Wildman–Crippen MR) is 103 cm³/mol. The number of nitrogens with one attached hydrogen (secondary N) is 1. The fraction of sp³-hybridized carbons (Fsp3) is 0.0500. The lowest BCUT2D eigenvalue weighted by Gasteiger charge is -2.02. The molecule has 2 aromatic carbocycles. The highest BCUT2D eigenvalue weighted by atomic mass is 35.5. The average Bonchev–Trinajstić information content (AvgIpc) is 3.04. The third-order valence-corrected chi connectivity index (χ3v) is 4.22. The Morgan fingerprint density at radius 2 is 1.92 bits per heavy atom. The molecule has 3 aromatic rings. The molecule has 1 heterocycles. The number of hydrogen-bond acceptors (Lipinski definition) is 2. The summed E-state index contributed by atoms with van der Waals surface area (Å²) in [5.74, 6) is 1.00. The number of benzene rings is 2. The molecule has 0 aliphatic carbocycles. The molecule has 0 bridgehead atoms. The number of rotatable bonds is 4. The molecule has 5 heteroatoms. The first-order chi connectivity index (χ1) is 12.0. The second-order valence-corrected chi connectivity index (χ2v) is 6.34. The van der Waals surface area contributed by atoms with E-state index in [2.05, 4.69) is 5.32 Å². The molecule has 0 unspecified atom stereocenters. The van der Waals surface area contributed by atoms with Gasteiger partial charge in [0.1, 0.15) is 11.5 Å². The van der Waals surface area contributed by atoms with E-state index >= 15 is 0 Å². The Bertz CT molecular complexity index is 944. The van der Waals surface area contributed by atoms with Crippen LogP contribution in [0.4, 0.5) is 5.69 Å². The largest absolute Gasteiger partial charge is 0.457 e. The SMILES string of the molecule is Cc1ccc(-c2ccc(/C=C/C(=O)Nc3cccc(Cl)c3)o2)cc1Cl. The fourth-order valence-electron chi connectivity index (χ4n) is 2.25. The summed E-state index contributed by atoms with van der Waals surface area (Å²) in [6, 6.07) is 16.3. The number of carbonyl (C=O) groups excluding carboxylic acids is 1. The van der Waals surface area contributed by atoms with Gasteiger partial charge in [-0.1, -0.05) is 41.4 Å². The average molecular weight is 372 g/mol. The van der Waals surface area contributed by atoms with Crippen LogP contribution in [0, 0.1) is 6.92 Å². The lowest BCUT2D eigenvalue weighted by atomic mass is 10.1. The zero-order chi connectivity index (χ0) is 17.8. The first-order valence-corrected chi connectivity index (χ1v) is 8.38. The molecule has 1 aromatic heterocycles. The van der Waals surface area contributed by atoms with Gasteiger partial charge in [0.2, 0.25) is 5.91 Å². The summed E-state index contributed by atoms with van der Waals surface area (Å²) in [7, 11) is 0. The normalized spacial score (nSPS) is 11.0. The molecular weight excluding hydrogens is 357 g/mol. The van der Waals surface area contributed by atoms with Gasteiger partial charge in [0.15, 0.2) is 0 Å². The van der Waals surface area contributed by atoms with E-state index in [1.165, 1.54) is 6.08 Å². The van der Waals surface area contributed by atoms with Crippen molar-refractivity contribution < 1.29 is 9.21 Å². The van der Waals surface area contributed by atoms with E-state index in [9.17, 15) is 4.79 Å². The Labute approximate surface area is 155 Å². The summed E-state index contributed by atoms with van der Waals surface area (Å²) >= 11 is 12.0. The first kappa shape index (κ1) is 17.3. The quantitative estimate of drug-likeness (QED) is 0.553. The molecule has 3 nitrogen and oxygen atoms in total. The van der Waals surface area contributed by atoms with Crippen molar-refractivity contribution in [2.75, 3.05) is 5.32 Å². The number of hydrogen-bond donors (Lipinski definition) is 1. The minimum Gasteiger partial charge on any atom is -0.457 e. The summed E-state index contributed by atoms with van der Waals surface area (Å²) in [5.41, 5.74) is 2.53. The third kappa shape index (κ3) is 4.53. The van der Waals surface area contributed by atoms with Crippen LogP contribution in [-0.4, -0.2) is 5.91 Å². The lowest BCUT2D eigenvalue weighted by Crippen LogP contribution is -2.07. The molecule has 3 rings (SSSR count). The van der Waals surface area contributed by atoms with Gasteiger partial charge in [-0.3, -0.25) is 4.79 Å². The van der Waals surface area contributed by atoms with Crippen LogP contribution in [0.5, 0.6) is 0 Å². The monoisotopic (exact) mass is 371 g/mol. The Morgan fingerprint density at radius 3 is 2.68 bits per heavy atom. The fourth-order valence-corrected chi connectivity index (χ4v) is 2.62. The highest BCUT2D eigenvalue weighted by Crippen LogP contribution is 2.27. The molecule has 0 spiro atoms. The smallest absolute Gasteiger partial charge is 0.248 e. The number of aryl methyl sites for hydroxylation is 1. The number of anilines is 1. The van der Waals surface area contributed by atoms with Gasteiger partial charge < -0.3 is 9.73 Å². The number of halogens is 2. The van der Waals surface area contributed by atoms with Crippen LogP contribution in [0.3, 0.4) is 0 Å². The number of furan rings is 1. The van der Waals surface area contributed by atoms with E-state index in [4.69, 9.17) is 27.6 Å². The summed E-state index contributed by atoms with van der Waals surface area (Å²) in [5, 5.41) is 3.99. The molecule has 25 heavy (non-hydrogen) atoms. The van der Waals surface area contributed by atoms with E-state index < -0.39 is 0 Å². The highest BCUT2D eigenvalue weighted by molar-refractivity contribution is 6.31. The molecule has 0 saturated carbocycles. The van der Waals surface area contributed by atoms with Crippen LogP contribution < -0.4 is 5.32 Å². The number of carbonyl (C=O) groups is 1. The van der Waals surface area contributed by atoms with Crippen molar-refractivity contribution in [3.05, 3.63) is 82.0 Å². The Kier molecular flexibility index (Phi) is 5.27. The highest BCUT2D eigenvalue weighted by Gasteiger charge is 2.06. The lowest BCUT2D eigenvalue weighted by molar-refractivity contribution is -0.111. The van der Waals surface area contributed by atoms with Gasteiger partial charge in [0.25, 0.3) is 0 Å². The van der Waals surface area contributed by atoms with Gasteiger partial charge in [-0.25, -0.2) is 0 Å². The molecule has 0 radical (unpaired) electrons. The van der Waals surface area contributed by atoms with Gasteiger partial charge in [-0.15, -0.1) is 0 Å². The molecule has 0 saturated heterocycles. The van der Waals surface area contributed by atoms with Crippen molar-refractivity contribution >= 4 is 40.9 Å². The minimum atomic E-state index is -0.265. The van der Waals surface area contributed by atoms with Gasteiger partial charge >= 0.3 is 0 Å². The van der Waals surface area contributed by atoms with Crippen LogP contribution in [-0.2, 0) is 4.79 Å². The molecule has 1 N–H and O–H groups in total. The zero-order valence-corrected chi connectivity index (χ0v) is 14.9. The van der Waals surface area contributed by atoms with Crippen molar-refractivity contribution in [1.29, 1.82) is 0 Å². The second-order valence-electron chi connectivity index (χ2n) is 5.50. The van der Waals surface area contributed by atoms with Crippen molar-refractivity contribution in [2.24, 2.45) is 0 Å². The van der Waals surface area contributed by atoms with Crippen LogP contribution >= 0.6 is 23.2 Å². The van der Waals surface area contributed by atoms with E-state index in [0.29, 0.717) is 27.3 Å². The van der Waals surface area contributed by atoms with Crippen LogP contribution in [0.1, 0.15) is 11.3 Å². The summed E-state index contributed by atoms with van der Waals surface area (Å²) in [6.07, 6.45) is 3.02. The van der Waals surface area contributed by atoms with Gasteiger partial charge in [0.05, 0.1) is 0 Å². The van der Waals surface area contributed by atoms with E-state index in [1.807, 2.05) is 31.2 Å². The first-order valence-electron chi connectivity index (χ1n) is 7.62. The third-order valence-electron chi connectivity index (χ3n) is 3.57. The maximum absolute atomic E-state index is 12.0. The Balaban J connectivity index is 1.69. The molecule has 126 valence electrons. The standard InChI is InChI=1S/C20H15Cl2NO2/c1-13-5-6-14(11-18(13)22)19-9-7-17(25-19)8-10-20(24)23-16-4-2-3-15(21)12-16/h2-12H,1H3,(H,23,24)/b10-8+. The van der Waals surface area contributed by atoms with Crippen molar-refractivity contribution in [3.8, 4) is 11.3 Å².